The van der Waals surface area contributed by atoms with Crippen LogP contribution < -0.4 is 5.32 Å². The molecule has 0 aliphatic rings. The number of nitrogens with zero attached hydrogens (tertiary/aromatic N) is 3. The Morgan fingerprint density at radius 3 is 2.58 bits per heavy atom. The molecule has 3 aromatic rings. The Hall–Kier alpha value is -2.35. The highest BCUT2D eigenvalue weighted by molar-refractivity contribution is 14.1. The molecule has 2 aromatic heterocycles. The van der Waals surface area contributed by atoms with E-state index in [2.05, 4.69) is 61.1 Å². The van der Waals surface area contributed by atoms with Crippen molar-refractivity contribution in [3.8, 4) is 11.3 Å². The minimum Gasteiger partial charge on any atom is -0.305 e. The minimum absolute atomic E-state index is 0.243. The molecule has 24 heavy (non-hydrogen) atoms. The van der Waals surface area contributed by atoms with Gasteiger partial charge in [0.1, 0.15) is 0 Å². The SMILES string of the molecule is Cc1ccncc1C(=O)Nc1cnc(-c2cc(I)ccc2C)cn1. The molecule has 0 saturated heterocycles. The highest BCUT2D eigenvalue weighted by Crippen LogP contribution is 2.23. The topological polar surface area (TPSA) is 67.8 Å². The first-order chi connectivity index (χ1) is 11.5. The van der Waals surface area contributed by atoms with Crippen LogP contribution in [0.5, 0.6) is 0 Å². The Morgan fingerprint density at radius 1 is 1.04 bits per heavy atom. The number of halogens is 1. The fraction of sp³-hybridized carbons (Fsp3) is 0.111. The van der Waals surface area contributed by atoms with Gasteiger partial charge >= 0.3 is 0 Å². The highest BCUT2D eigenvalue weighted by atomic mass is 127. The number of hydrogen-bond donors (Lipinski definition) is 1. The summed E-state index contributed by atoms with van der Waals surface area (Å²) in [5, 5.41) is 2.75. The molecule has 0 bridgehead atoms. The lowest BCUT2D eigenvalue weighted by Gasteiger charge is -2.08. The van der Waals surface area contributed by atoms with Gasteiger partial charge in [-0.05, 0) is 65.8 Å². The van der Waals surface area contributed by atoms with Crippen molar-refractivity contribution < 1.29 is 4.79 Å². The summed E-state index contributed by atoms with van der Waals surface area (Å²) in [6.45, 7) is 3.90. The normalized spacial score (nSPS) is 10.5. The van der Waals surface area contributed by atoms with Crippen LogP contribution in [0.25, 0.3) is 11.3 Å². The number of aryl methyl sites for hydroxylation is 2. The van der Waals surface area contributed by atoms with Crippen molar-refractivity contribution in [3.05, 3.63) is 69.3 Å². The van der Waals surface area contributed by atoms with Crippen molar-refractivity contribution in [2.24, 2.45) is 0 Å². The van der Waals surface area contributed by atoms with E-state index < -0.39 is 0 Å². The van der Waals surface area contributed by atoms with Crippen molar-refractivity contribution in [1.29, 1.82) is 0 Å². The number of anilines is 1. The van der Waals surface area contributed by atoms with E-state index in [1.807, 2.05) is 13.8 Å². The average molecular weight is 430 g/mol. The van der Waals surface area contributed by atoms with E-state index in [4.69, 9.17) is 0 Å². The molecule has 1 amide bonds. The van der Waals surface area contributed by atoms with E-state index in [0.717, 1.165) is 26.0 Å². The predicted molar refractivity (Wildman–Crippen MR) is 102 cm³/mol. The lowest BCUT2D eigenvalue weighted by Crippen LogP contribution is -2.14. The van der Waals surface area contributed by atoms with Crippen LogP contribution in [0.4, 0.5) is 5.82 Å². The summed E-state index contributed by atoms with van der Waals surface area (Å²) in [4.78, 5) is 25.0. The zero-order valence-corrected chi connectivity index (χ0v) is 15.4. The van der Waals surface area contributed by atoms with Crippen LogP contribution in [0.3, 0.4) is 0 Å². The van der Waals surface area contributed by atoms with Crippen molar-refractivity contribution in [2.75, 3.05) is 5.32 Å². The van der Waals surface area contributed by atoms with Gasteiger partial charge in [0.05, 0.1) is 23.7 Å². The smallest absolute Gasteiger partial charge is 0.258 e. The molecule has 1 aromatic carbocycles. The van der Waals surface area contributed by atoms with Gasteiger partial charge in [-0.25, -0.2) is 4.98 Å². The quantitative estimate of drug-likeness (QED) is 0.638. The first kappa shape index (κ1) is 16.5. The van der Waals surface area contributed by atoms with E-state index in [-0.39, 0.29) is 5.91 Å². The summed E-state index contributed by atoms with van der Waals surface area (Å²) in [5.74, 6) is 0.170. The number of aromatic nitrogens is 3. The van der Waals surface area contributed by atoms with Gasteiger partial charge in [-0.15, -0.1) is 0 Å². The molecule has 0 radical (unpaired) electrons. The van der Waals surface area contributed by atoms with E-state index in [9.17, 15) is 4.79 Å². The second kappa shape index (κ2) is 7.04. The Bertz CT molecular complexity index is 894. The average Bonchev–Trinajstić information content (AvgIpc) is 2.58. The van der Waals surface area contributed by atoms with Crippen molar-refractivity contribution in [2.45, 2.75) is 13.8 Å². The Kier molecular flexibility index (Phi) is 4.84. The molecule has 0 saturated carbocycles. The number of benzene rings is 1. The van der Waals surface area contributed by atoms with Crippen LogP contribution in [0.1, 0.15) is 21.5 Å². The fourth-order valence-electron chi connectivity index (χ4n) is 2.29. The maximum absolute atomic E-state index is 12.3. The summed E-state index contributed by atoms with van der Waals surface area (Å²) in [7, 11) is 0. The van der Waals surface area contributed by atoms with Gasteiger partial charge in [-0.1, -0.05) is 6.07 Å². The van der Waals surface area contributed by atoms with Crippen molar-refractivity contribution >= 4 is 34.3 Å². The summed E-state index contributed by atoms with van der Waals surface area (Å²) >= 11 is 2.27. The third-order valence-electron chi connectivity index (χ3n) is 3.65. The van der Waals surface area contributed by atoms with Gasteiger partial charge in [0.15, 0.2) is 5.82 Å². The number of hydrogen-bond acceptors (Lipinski definition) is 4. The van der Waals surface area contributed by atoms with Gasteiger partial charge in [0.25, 0.3) is 5.91 Å². The van der Waals surface area contributed by atoms with Crippen molar-refractivity contribution in [1.82, 2.24) is 15.0 Å². The minimum atomic E-state index is -0.243. The third kappa shape index (κ3) is 3.59. The first-order valence-corrected chi connectivity index (χ1v) is 8.43. The van der Waals surface area contributed by atoms with E-state index >= 15 is 0 Å². The largest absolute Gasteiger partial charge is 0.305 e. The zero-order valence-electron chi connectivity index (χ0n) is 13.2. The summed E-state index contributed by atoms with van der Waals surface area (Å²) < 4.78 is 1.14. The monoisotopic (exact) mass is 430 g/mol. The van der Waals surface area contributed by atoms with Crippen LogP contribution in [-0.4, -0.2) is 20.9 Å². The molecule has 0 unspecified atom stereocenters. The molecular weight excluding hydrogens is 415 g/mol. The Labute approximate surface area is 153 Å². The zero-order chi connectivity index (χ0) is 17.1. The summed E-state index contributed by atoms with van der Waals surface area (Å²) in [5.41, 5.74) is 4.34. The second-order valence-electron chi connectivity index (χ2n) is 5.39. The van der Waals surface area contributed by atoms with Crippen LogP contribution in [0.2, 0.25) is 0 Å². The lowest BCUT2D eigenvalue weighted by molar-refractivity contribution is 0.102. The number of carbonyl (C=O) groups excluding carboxylic acids is 1. The van der Waals surface area contributed by atoms with Crippen LogP contribution >= 0.6 is 22.6 Å². The summed E-state index contributed by atoms with van der Waals surface area (Å²) in [6, 6.07) is 7.97. The molecule has 6 heteroatoms. The molecule has 0 atom stereocenters. The maximum atomic E-state index is 12.3. The highest BCUT2D eigenvalue weighted by Gasteiger charge is 2.11. The molecule has 0 fully saturated rings. The lowest BCUT2D eigenvalue weighted by atomic mass is 10.1. The van der Waals surface area contributed by atoms with Gasteiger partial charge in [0, 0.05) is 21.5 Å². The number of nitrogens with one attached hydrogen (secondary N) is 1. The molecule has 0 spiro atoms. The number of rotatable bonds is 3. The molecule has 0 aliphatic carbocycles. The van der Waals surface area contributed by atoms with E-state index in [1.54, 1.807) is 30.9 Å². The molecule has 2 heterocycles. The molecule has 120 valence electrons. The van der Waals surface area contributed by atoms with Gasteiger partial charge in [-0.3, -0.25) is 14.8 Å². The second-order valence-corrected chi connectivity index (χ2v) is 6.64. The fourth-order valence-corrected chi connectivity index (χ4v) is 2.78. The van der Waals surface area contributed by atoms with E-state index in [0.29, 0.717) is 11.4 Å². The Balaban J connectivity index is 1.81. The summed E-state index contributed by atoms with van der Waals surface area (Å²) in [6.07, 6.45) is 6.44. The van der Waals surface area contributed by atoms with Crippen LogP contribution in [-0.2, 0) is 0 Å². The standard InChI is InChI=1S/C18H15IN4O/c1-11-3-4-13(19)7-14(11)16-9-22-17(10-21-16)23-18(24)15-8-20-6-5-12(15)2/h3-10H,1-2H3,(H,22,23,24). The third-order valence-corrected chi connectivity index (χ3v) is 4.32. The number of amides is 1. The predicted octanol–water partition coefficient (Wildman–Crippen LogP) is 4.01. The number of carbonyl (C=O) groups is 1. The molecule has 0 aliphatic heterocycles. The first-order valence-electron chi connectivity index (χ1n) is 7.35. The van der Waals surface area contributed by atoms with Gasteiger partial charge in [0.2, 0.25) is 0 Å². The van der Waals surface area contributed by atoms with Crippen LogP contribution in [0.15, 0.2) is 49.1 Å². The molecular formula is C18H15IN4O. The molecule has 1 N–H and O–H groups in total. The molecule has 5 nitrogen and oxygen atoms in total. The van der Waals surface area contributed by atoms with E-state index in [1.165, 1.54) is 0 Å². The van der Waals surface area contributed by atoms with Crippen molar-refractivity contribution in [3.63, 3.8) is 0 Å². The number of pyridine rings is 1. The Morgan fingerprint density at radius 2 is 1.88 bits per heavy atom. The maximum Gasteiger partial charge on any atom is 0.258 e. The van der Waals surface area contributed by atoms with Gasteiger partial charge < -0.3 is 5.32 Å². The van der Waals surface area contributed by atoms with Gasteiger partial charge in [-0.2, -0.15) is 0 Å². The van der Waals surface area contributed by atoms with Crippen LogP contribution in [0, 0.1) is 17.4 Å². The molecule has 3 rings (SSSR count).